The number of aliphatic hydroxyl groups excluding tert-OH is 1. The minimum Gasteiger partial charge on any atom is -0.389 e. The van der Waals surface area contributed by atoms with E-state index in [0.29, 0.717) is 12.6 Å². The first-order valence-corrected chi connectivity index (χ1v) is 9.29. The molecule has 1 aromatic heterocycles. The molecule has 1 saturated carbocycles. The van der Waals surface area contributed by atoms with Crippen LogP contribution in [0.25, 0.3) is 0 Å². The van der Waals surface area contributed by atoms with Crippen molar-refractivity contribution in [1.29, 1.82) is 0 Å². The molecule has 1 aliphatic rings. The van der Waals surface area contributed by atoms with Crippen molar-refractivity contribution < 1.29 is 9.84 Å². The van der Waals surface area contributed by atoms with E-state index in [-0.39, 0.29) is 13.2 Å². The van der Waals surface area contributed by atoms with Crippen molar-refractivity contribution in [3.63, 3.8) is 0 Å². The lowest BCUT2D eigenvalue weighted by Crippen LogP contribution is -2.36. The van der Waals surface area contributed by atoms with Crippen LogP contribution in [0.15, 0.2) is 42.6 Å². The van der Waals surface area contributed by atoms with Crippen LogP contribution in [-0.2, 0) is 17.8 Å². The topological polar surface area (TPSA) is 37.6 Å². The summed E-state index contributed by atoms with van der Waals surface area (Å²) < 4.78 is 7.58. The smallest absolute Gasteiger partial charge is 0.107 e. The molecule has 1 N–H and O–H groups in total. The standard InChI is InChI=1S/C22H28N2O2/c1-3-13-26-17-22(25)16-24(20-10-11-20)15-21-9-6-12-23(21)14-19-8-5-4-7-18(19)2/h1,4-9,12,20,22,25H,10-11,13-17H2,2H3/t22-/m0/s1. The Morgan fingerprint density at radius 2 is 2.12 bits per heavy atom. The SMILES string of the molecule is C#CCOC[C@@H](O)CN(Cc1cccn1Cc1ccccc1C)C1CC1. The average molecular weight is 352 g/mol. The lowest BCUT2D eigenvalue weighted by Gasteiger charge is -2.25. The number of nitrogens with zero attached hydrogens (tertiary/aromatic N) is 2. The van der Waals surface area contributed by atoms with Gasteiger partial charge in [0.2, 0.25) is 0 Å². The highest BCUT2D eigenvalue weighted by Gasteiger charge is 2.30. The zero-order valence-electron chi connectivity index (χ0n) is 15.5. The van der Waals surface area contributed by atoms with Crippen molar-refractivity contribution in [3.05, 3.63) is 59.4 Å². The number of terminal acetylenes is 1. The van der Waals surface area contributed by atoms with E-state index in [1.54, 1.807) is 0 Å². The normalized spacial score (nSPS) is 15.2. The van der Waals surface area contributed by atoms with Gasteiger partial charge in [0.05, 0.1) is 12.7 Å². The number of aryl methyl sites for hydroxylation is 1. The number of hydrogen-bond donors (Lipinski definition) is 1. The molecule has 0 radical (unpaired) electrons. The second-order valence-corrected chi connectivity index (χ2v) is 7.09. The summed E-state index contributed by atoms with van der Waals surface area (Å²) in [6.07, 6.45) is 9.22. The predicted molar refractivity (Wildman–Crippen MR) is 104 cm³/mol. The third kappa shape index (κ3) is 5.22. The van der Waals surface area contributed by atoms with E-state index in [1.807, 2.05) is 0 Å². The molecule has 0 unspecified atom stereocenters. The minimum absolute atomic E-state index is 0.250. The molecule has 4 heteroatoms. The van der Waals surface area contributed by atoms with Gasteiger partial charge in [-0.15, -0.1) is 6.42 Å². The molecule has 1 aromatic carbocycles. The number of aliphatic hydroxyl groups is 1. The maximum atomic E-state index is 10.3. The Labute approximate surface area is 156 Å². The third-order valence-corrected chi connectivity index (χ3v) is 4.89. The van der Waals surface area contributed by atoms with Gasteiger partial charge in [0, 0.05) is 37.6 Å². The fourth-order valence-electron chi connectivity index (χ4n) is 3.29. The highest BCUT2D eigenvalue weighted by molar-refractivity contribution is 5.26. The van der Waals surface area contributed by atoms with E-state index < -0.39 is 6.10 Å². The summed E-state index contributed by atoms with van der Waals surface area (Å²) in [5.41, 5.74) is 3.93. The molecule has 138 valence electrons. The van der Waals surface area contributed by atoms with Crippen molar-refractivity contribution in [2.75, 3.05) is 19.8 Å². The third-order valence-electron chi connectivity index (χ3n) is 4.89. The molecule has 26 heavy (non-hydrogen) atoms. The number of benzene rings is 1. The Morgan fingerprint density at radius 3 is 2.85 bits per heavy atom. The number of rotatable bonds is 10. The molecular weight excluding hydrogens is 324 g/mol. The second-order valence-electron chi connectivity index (χ2n) is 7.09. The zero-order valence-corrected chi connectivity index (χ0v) is 15.5. The summed E-state index contributed by atoms with van der Waals surface area (Å²) in [5, 5.41) is 10.3. The number of aromatic nitrogens is 1. The van der Waals surface area contributed by atoms with Crippen molar-refractivity contribution >= 4 is 0 Å². The highest BCUT2D eigenvalue weighted by atomic mass is 16.5. The van der Waals surface area contributed by atoms with Gasteiger partial charge < -0.3 is 14.4 Å². The van der Waals surface area contributed by atoms with Crippen LogP contribution in [0.1, 0.15) is 29.7 Å². The number of hydrogen-bond acceptors (Lipinski definition) is 3. The van der Waals surface area contributed by atoms with Crippen LogP contribution in [0.4, 0.5) is 0 Å². The largest absolute Gasteiger partial charge is 0.389 e. The van der Waals surface area contributed by atoms with Crippen LogP contribution >= 0.6 is 0 Å². The molecule has 3 rings (SSSR count). The summed E-state index contributed by atoms with van der Waals surface area (Å²) in [6, 6.07) is 13.4. The average Bonchev–Trinajstić information content (AvgIpc) is 3.39. The maximum absolute atomic E-state index is 10.3. The van der Waals surface area contributed by atoms with Gasteiger partial charge in [-0.05, 0) is 43.0 Å². The lowest BCUT2D eigenvalue weighted by atomic mass is 10.1. The van der Waals surface area contributed by atoms with Gasteiger partial charge in [-0.1, -0.05) is 30.2 Å². The molecule has 1 aliphatic carbocycles. The molecule has 0 aliphatic heterocycles. The summed E-state index contributed by atoms with van der Waals surface area (Å²) >= 11 is 0. The summed E-state index contributed by atoms with van der Waals surface area (Å²) in [6.45, 7) is 5.03. The van der Waals surface area contributed by atoms with Crippen LogP contribution in [0.3, 0.4) is 0 Å². The monoisotopic (exact) mass is 352 g/mol. The van der Waals surface area contributed by atoms with E-state index in [9.17, 15) is 5.11 Å². The van der Waals surface area contributed by atoms with Gasteiger partial charge in [0.15, 0.2) is 0 Å². The first-order chi connectivity index (χ1) is 12.7. The summed E-state index contributed by atoms with van der Waals surface area (Å²) in [5.74, 6) is 2.43. The van der Waals surface area contributed by atoms with E-state index >= 15 is 0 Å². The van der Waals surface area contributed by atoms with Gasteiger partial charge >= 0.3 is 0 Å². The Bertz CT molecular complexity index is 743. The van der Waals surface area contributed by atoms with Crippen molar-refractivity contribution in [2.24, 2.45) is 0 Å². The van der Waals surface area contributed by atoms with Crippen LogP contribution in [0.2, 0.25) is 0 Å². The molecule has 2 aromatic rings. The Kier molecular flexibility index (Phi) is 6.51. The molecule has 1 atom stereocenters. The number of ether oxygens (including phenoxy) is 1. The first-order valence-electron chi connectivity index (χ1n) is 9.29. The van der Waals surface area contributed by atoms with E-state index in [4.69, 9.17) is 11.2 Å². The zero-order chi connectivity index (χ0) is 18.4. The molecule has 0 saturated heterocycles. The Hall–Kier alpha value is -2.06. The summed E-state index contributed by atoms with van der Waals surface area (Å²) in [4.78, 5) is 2.37. The van der Waals surface area contributed by atoms with E-state index in [2.05, 4.69) is 64.9 Å². The highest BCUT2D eigenvalue weighted by Crippen LogP contribution is 2.28. The van der Waals surface area contributed by atoms with Crippen LogP contribution in [0.5, 0.6) is 0 Å². The van der Waals surface area contributed by atoms with Gasteiger partial charge in [-0.2, -0.15) is 0 Å². The molecule has 1 fully saturated rings. The lowest BCUT2D eigenvalue weighted by molar-refractivity contribution is 0.0238. The quantitative estimate of drug-likeness (QED) is 0.528. The second kappa shape index (κ2) is 9.05. The van der Waals surface area contributed by atoms with Crippen molar-refractivity contribution in [2.45, 2.75) is 45.0 Å². The van der Waals surface area contributed by atoms with Crippen LogP contribution in [0, 0.1) is 19.3 Å². The van der Waals surface area contributed by atoms with Crippen molar-refractivity contribution in [1.82, 2.24) is 9.47 Å². The molecule has 0 amide bonds. The van der Waals surface area contributed by atoms with Gasteiger partial charge in [0.25, 0.3) is 0 Å². The fourth-order valence-corrected chi connectivity index (χ4v) is 3.29. The van der Waals surface area contributed by atoms with Crippen LogP contribution in [-0.4, -0.2) is 46.5 Å². The summed E-state index contributed by atoms with van der Waals surface area (Å²) in [7, 11) is 0. The van der Waals surface area contributed by atoms with Gasteiger partial charge in [-0.25, -0.2) is 0 Å². The Balaban J connectivity index is 1.62. The maximum Gasteiger partial charge on any atom is 0.107 e. The molecule has 0 bridgehead atoms. The molecule has 0 spiro atoms. The predicted octanol–water partition coefficient (Wildman–Crippen LogP) is 2.82. The molecule has 1 heterocycles. The van der Waals surface area contributed by atoms with Crippen LogP contribution < -0.4 is 0 Å². The Morgan fingerprint density at radius 1 is 1.31 bits per heavy atom. The van der Waals surface area contributed by atoms with Gasteiger partial charge in [-0.3, -0.25) is 4.90 Å². The van der Waals surface area contributed by atoms with E-state index in [0.717, 1.165) is 13.1 Å². The molecule has 4 nitrogen and oxygen atoms in total. The van der Waals surface area contributed by atoms with Crippen molar-refractivity contribution in [3.8, 4) is 12.3 Å². The molecular formula is C22H28N2O2. The fraction of sp³-hybridized carbons (Fsp3) is 0.455. The first kappa shape index (κ1) is 18.7. The van der Waals surface area contributed by atoms with E-state index in [1.165, 1.54) is 29.7 Å². The minimum atomic E-state index is -0.510. The van der Waals surface area contributed by atoms with Gasteiger partial charge in [0.1, 0.15) is 6.61 Å².